The van der Waals surface area contributed by atoms with Crippen molar-refractivity contribution in [1.29, 1.82) is 0 Å². The molecule has 0 aromatic rings. The van der Waals surface area contributed by atoms with Gasteiger partial charge in [-0.15, -0.1) is 0 Å². The normalized spacial score (nSPS) is 34.5. The average molecular weight is 338 g/mol. The van der Waals surface area contributed by atoms with Crippen molar-refractivity contribution < 1.29 is 29.3 Å². The minimum Gasteiger partial charge on any atom is -0.454 e. The van der Waals surface area contributed by atoms with Gasteiger partial charge in [-0.2, -0.15) is 0 Å². The SMILES string of the molecule is C=C(C)C(=O)OC1C2CCC(CO)(CC2)C1(CO)OC(=O)C(=C)C. The van der Waals surface area contributed by atoms with Gasteiger partial charge < -0.3 is 19.7 Å². The van der Waals surface area contributed by atoms with Crippen molar-refractivity contribution in [2.45, 2.75) is 51.2 Å². The molecule has 3 aliphatic rings. The number of aliphatic hydroxyl groups excluding tert-OH is 2. The van der Waals surface area contributed by atoms with E-state index < -0.39 is 35.7 Å². The molecule has 0 aromatic heterocycles. The van der Waals surface area contributed by atoms with Crippen molar-refractivity contribution in [3.8, 4) is 0 Å². The van der Waals surface area contributed by atoms with Crippen LogP contribution >= 0.6 is 0 Å². The Bertz CT molecular complexity index is 558. The van der Waals surface area contributed by atoms with Crippen LogP contribution in [0, 0.1) is 11.3 Å². The number of hydrogen-bond acceptors (Lipinski definition) is 6. The van der Waals surface area contributed by atoms with Crippen LogP contribution in [0.1, 0.15) is 39.5 Å². The first-order valence-electron chi connectivity index (χ1n) is 8.20. The Labute approximate surface area is 142 Å². The van der Waals surface area contributed by atoms with Crippen LogP contribution < -0.4 is 0 Å². The summed E-state index contributed by atoms with van der Waals surface area (Å²) in [5.74, 6) is -1.29. The summed E-state index contributed by atoms with van der Waals surface area (Å²) < 4.78 is 11.2. The molecule has 24 heavy (non-hydrogen) atoms. The zero-order valence-electron chi connectivity index (χ0n) is 14.3. The third-order valence-corrected chi connectivity index (χ3v) is 5.52. The van der Waals surface area contributed by atoms with E-state index in [-0.39, 0.29) is 23.7 Å². The van der Waals surface area contributed by atoms with Gasteiger partial charge in [-0.25, -0.2) is 9.59 Å². The number of fused-ring (bicyclic) bond motifs is 3. The van der Waals surface area contributed by atoms with E-state index in [0.717, 1.165) is 12.8 Å². The maximum Gasteiger partial charge on any atom is 0.333 e. The van der Waals surface area contributed by atoms with Crippen molar-refractivity contribution in [3.63, 3.8) is 0 Å². The zero-order valence-corrected chi connectivity index (χ0v) is 14.3. The van der Waals surface area contributed by atoms with E-state index >= 15 is 0 Å². The minimum absolute atomic E-state index is 0.0354. The molecule has 3 aliphatic carbocycles. The quantitative estimate of drug-likeness (QED) is 0.563. The first-order valence-corrected chi connectivity index (χ1v) is 8.20. The van der Waals surface area contributed by atoms with E-state index in [0.29, 0.717) is 12.8 Å². The summed E-state index contributed by atoms with van der Waals surface area (Å²) in [7, 11) is 0. The number of esters is 2. The summed E-state index contributed by atoms with van der Waals surface area (Å²) in [5.41, 5.74) is -1.89. The number of rotatable bonds is 6. The van der Waals surface area contributed by atoms with Crippen LogP contribution in [0.5, 0.6) is 0 Å². The minimum atomic E-state index is -1.47. The first kappa shape index (κ1) is 18.7. The van der Waals surface area contributed by atoms with Gasteiger partial charge in [0.25, 0.3) is 0 Å². The highest BCUT2D eigenvalue weighted by atomic mass is 16.6. The Balaban J connectivity index is 2.47. The molecule has 0 saturated heterocycles. The highest BCUT2D eigenvalue weighted by molar-refractivity contribution is 5.88. The third-order valence-electron chi connectivity index (χ3n) is 5.52. The van der Waals surface area contributed by atoms with E-state index in [1.807, 2.05) is 0 Å². The molecule has 0 radical (unpaired) electrons. The summed E-state index contributed by atoms with van der Waals surface area (Å²) in [4.78, 5) is 24.3. The lowest BCUT2D eigenvalue weighted by Crippen LogP contribution is -2.71. The number of carbonyl (C=O) groups excluding carboxylic acids is 2. The fourth-order valence-corrected chi connectivity index (χ4v) is 4.01. The Morgan fingerprint density at radius 3 is 2.00 bits per heavy atom. The maximum absolute atomic E-state index is 12.2. The fraction of sp³-hybridized carbons (Fsp3) is 0.667. The van der Waals surface area contributed by atoms with Gasteiger partial charge in [-0.05, 0) is 39.5 Å². The molecule has 2 atom stereocenters. The predicted octanol–water partition coefficient (Wildman–Crippen LogP) is 1.51. The van der Waals surface area contributed by atoms with E-state index in [1.165, 1.54) is 13.8 Å². The summed E-state index contributed by atoms with van der Waals surface area (Å²) >= 11 is 0. The largest absolute Gasteiger partial charge is 0.454 e. The highest BCUT2D eigenvalue weighted by Gasteiger charge is 2.67. The standard InChI is InChI=1S/C18H26O6/c1-11(2)15(21)23-14-13-5-7-17(9-19,8-6-13)18(14,10-20)24-16(22)12(3)4/h13-14,19-20H,1,3,5-10H2,2,4H3. The number of hydrogen-bond donors (Lipinski definition) is 2. The van der Waals surface area contributed by atoms with Crippen molar-refractivity contribution in [1.82, 2.24) is 0 Å². The molecule has 0 aromatic carbocycles. The summed E-state index contributed by atoms with van der Waals surface area (Å²) in [6.45, 7) is 9.40. The van der Waals surface area contributed by atoms with Crippen LogP contribution in [0.25, 0.3) is 0 Å². The van der Waals surface area contributed by atoms with Crippen molar-refractivity contribution in [2.75, 3.05) is 13.2 Å². The lowest BCUT2D eigenvalue weighted by Gasteiger charge is -2.60. The highest BCUT2D eigenvalue weighted by Crippen LogP contribution is 2.58. The van der Waals surface area contributed by atoms with Crippen LogP contribution in [0.4, 0.5) is 0 Å². The van der Waals surface area contributed by atoms with Crippen LogP contribution in [-0.4, -0.2) is 47.1 Å². The molecule has 0 aliphatic heterocycles. The van der Waals surface area contributed by atoms with E-state index in [2.05, 4.69) is 13.2 Å². The van der Waals surface area contributed by atoms with E-state index in [1.54, 1.807) is 0 Å². The third kappa shape index (κ3) is 2.78. The van der Waals surface area contributed by atoms with Gasteiger partial charge >= 0.3 is 11.9 Å². The fourth-order valence-electron chi connectivity index (χ4n) is 4.01. The van der Waals surface area contributed by atoms with Gasteiger partial charge in [0.15, 0.2) is 5.60 Å². The molecule has 2 unspecified atom stereocenters. The van der Waals surface area contributed by atoms with Crippen LogP contribution in [0.3, 0.4) is 0 Å². The molecule has 2 bridgehead atoms. The topological polar surface area (TPSA) is 93.1 Å². The Hall–Kier alpha value is -1.66. The molecule has 6 nitrogen and oxygen atoms in total. The molecule has 3 fully saturated rings. The first-order chi connectivity index (χ1) is 11.2. The molecular formula is C18H26O6. The summed E-state index contributed by atoms with van der Waals surface area (Å²) in [5, 5.41) is 20.2. The van der Waals surface area contributed by atoms with Gasteiger partial charge in [0.2, 0.25) is 0 Å². The van der Waals surface area contributed by atoms with Crippen LogP contribution in [0.15, 0.2) is 24.3 Å². The van der Waals surface area contributed by atoms with Gasteiger partial charge in [-0.3, -0.25) is 0 Å². The van der Waals surface area contributed by atoms with E-state index in [4.69, 9.17) is 9.47 Å². The molecule has 2 N–H and O–H groups in total. The molecule has 0 amide bonds. The Kier molecular flexibility index (Phi) is 5.20. The van der Waals surface area contributed by atoms with Crippen molar-refractivity contribution in [3.05, 3.63) is 24.3 Å². The molecule has 134 valence electrons. The second-order valence-electron chi connectivity index (χ2n) is 7.10. The zero-order chi connectivity index (χ0) is 18.1. The number of carbonyl (C=O) groups is 2. The van der Waals surface area contributed by atoms with Gasteiger partial charge in [0, 0.05) is 22.5 Å². The smallest absolute Gasteiger partial charge is 0.333 e. The predicted molar refractivity (Wildman–Crippen MR) is 86.9 cm³/mol. The number of ether oxygens (including phenoxy) is 2. The lowest BCUT2D eigenvalue weighted by atomic mass is 9.51. The van der Waals surface area contributed by atoms with Gasteiger partial charge in [-0.1, -0.05) is 13.2 Å². The second kappa shape index (κ2) is 6.69. The average Bonchev–Trinajstić information content (AvgIpc) is 2.57. The molecule has 6 heteroatoms. The van der Waals surface area contributed by atoms with Gasteiger partial charge in [0.05, 0.1) is 13.2 Å². The van der Waals surface area contributed by atoms with Crippen molar-refractivity contribution in [2.24, 2.45) is 11.3 Å². The Morgan fingerprint density at radius 2 is 1.58 bits per heavy atom. The van der Waals surface area contributed by atoms with E-state index in [9.17, 15) is 19.8 Å². The summed E-state index contributed by atoms with van der Waals surface area (Å²) in [6.07, 6.45) is 1.85. The van der Waals surface area contributed by atoms with Gasteiger partial charge in [0.1, 0.15) is 6.10 Å². The van der Waals surface area contributed by atoms with Crippen LogP contribution in [-0.2, 0) is 19.1 Å². The second-order valence-corrected chi connectivity index (χ2v) is 7.10. The summed E-state index contributed by atoms with van der Waals surface area (Å²) in [6, 6.07) is 0. The monoisotopic (exact) mass is 338 g/mol. The Morgan fingerprint density at radius 1 is 1.04 bits per heavy atom. The number of aliphatic hydroxyl groups is 2. The molecule has 3 saturated carbocycles. The maximum atomic E-state index is 12.2. The van der Waals surface area contributed by atoms with Crippen LogP contribution in [0.2, 0.25) is 0 Å². The molecule has 0 spiro atoms. The molecule has 0 heterocycles. The molecule has 3 rings (SSSR count). The lowest BCUT2D eigenvalue weighted by molar-refractivity contribution is -0.272. The molecular weight excluding hydrogens is 312 g/mol. The van der Waals surface area contributed by atoms with Crippen molar-refractivity contribution >= 4 is 11.9 Å².